The lowest BCUT2D eigenvalue weighted by Gasteiger charge is -2.48. The van der Waals surface area contributed by atoms with Crippen LogP contribution in [0.2, 0.25) is 0 Å². The van der Waals surface area contributed by atoms with E-state index in [1.54, 1.807) is 6.92 Å². The molecule has 4 N–H and O–H groups in total. The zero-order valence-corrected chi connectivity index (χ0v) is 29.7. The highest BCUT2D eigenvalue weighted by Crippen LogP contribution is 2.47. The number of rotatable bonds is 4. The molecule has 12 nitrogen and oxygen atoms in total. The molecule has 0 amide bonds. The number of carbonyl (C=O) groups is 1. The van der Waals surface area contributed by atoms with Gasteiger partial charge in [-0.15, -0.1) is 0 Å². The van der Waals surface area contributed by atoms with Gasteiger partial charge in [0.15, 0.2) is 12.1 Å². The van der Waals surface area contributed by atoms with E-state index in [0.29, 0.717) is 51.9 Å². The minimum atomic E-state index is -1.70. The molecule has 14 atom stereocenters. The van der Waals surface area contributed by atoms with Gasteiger partial charge in [-0.05, 0) is 80.4 Å². The summed E-state index contributed by atoms with van der Waals surface area (Å²) in [5.74, 6) is -2.73. The SMILES string of the molecule is CC[C@@H]1OC(=O)[C@H](C)[C@H]2OC3(CCOCC3)OC(C)(C[C@@H](C)CN[C@@H](C)[C@@H](O)[C@]1(C)O)[C@H](OC1O[C@H](C)C[C@H](N(C)C)[C@H]1O)[C@H]2C. The third kappa shape index (κ3) is 7.93. The molecule has 4 saturated heterocycles. The van der Waals surface area contributed by atoms with Gasteiger partial charge in [-0.3, -0.25) is 4.79 Å². The fourth-order valence-corrected chi connectivity index (χ4v) is 8.23. The van der Waals surface area contributed by atoms with Crippen LogP contribution >= 0.6 is 0 Å². The zero-order chi connectivity index (χ0) is 34.2. The summed E-state index contributed by atoms with van der Waals surface area (Å²) in [7, 11) is 3.88. The van der Waals surface area contributed by atoms with Crippen molar-refractivity contribution < 1.29 is 48.5 Å². The molecule has 0 aromatic carbocycles. The smallest absolute Gasteiger partial charge is 0.311 e. The zero-order valence-electron chi connectivity index (χ0n) is 29.7. The Morgan fingerprint density at radius 3 is 2.33 bits per heavy atom. The Balaban J connectivity index is 1.81. The normalized spacial score (nSPS) is 48.0. The number of nitrogens with one attached hydrogen (secondary N) is 1. The first-order valence-corrected chi connectivity index (χ1v) is 17.4. The van der Waals surface area contributed by atoms with Gasteiger partial charge in [0.25, 0.3) is 0 Å². The van der Waals surface area contributed by atoms with E-state index in [1.165, 1.54) is 6.92 Å². The fraction of sp³-hybridized carbons (Fsp3) is 0.971. The van der Waals surface area contributed by atoms with Crippen LogP contribution < -0.4 is 5.32 Å². The van der Waals surface area contributed by atoms with Crippen molar-refractivity contribution in [1.82, 2.24) is 10.2 Å². The van der Waals surface area contributed by atoms with Crippen LogP contribution in [0, 0.1) is 17.8 Å². The lowest BCUT2D eigenvalue weighted by atomic mass is 9.78. The van der Waals surface area contributed by atoms with Crippen molar-refractivity contribution >= 4 is 5.97 Å². The lowest BCUT2D eigenvalue weighted by Crippen LogP contribution is -2.59. The molecule has 0 aromatic rings. The number of cyclic esters (lactones) is 1. The Labute approximate surface area is 275 Å². The van der Waals surface area contributed by atoms with Crippen LogP contribution in [0.25, 0.3) is 0 Å². The van der Waals surface area contributed by atoms with Crippen molar-refractivity contribution in [3.8, 4) is 0 Å². The predicted molar refractivity (Wildman–Crippen MR) is 171 cm³/mol. The Bertz CT molecular complexity index is 1010. The van der Waals surface area contributed by atoms with Crippen molar-refractivity contribution in [2.24, 2.45) is 17.8 Å². The van der Waals surface area contributed by atoms with Crippen molar-refractivity contribution in [2.45, 2.75) is 159 Å². The minimum Gasteiger partial charge on any atom is -0.459 e. The molecule has 1 spiro atoms. The maximum absolute atomic E-state index is 14.0. The molecule has 2 bridgehead atoms. The van der Waals surface area contributed by atoms with Gasteiger partial charge in [0.2, 0.25) is 0 Å². The summed E-state index contributed by atoms with van der Waals surface area (Å²) < 4.78 is 39.0. The van der Waals surface area contributed by atoms with Gasteiger partial charge >= 0.3 is 5.97 Å². The van der Waals surface area contributed by atoms with Crippen LogP contribution in [0.15, 0.2) is 0 Å². The van der Waals surface area contributed by atoms with Crippen molar-refractivity contribution in [3.05, 3.63) is 0 Å². The first-order chi connectivity index (χ1) is 21.4. The number of likely N-dealkylation sites (N-methyl/N-ethyl adjacent to an activating group) is 1. The Morgan fingerprint density at radius 1 is 1.07 bits per heavy atom. The van der Waals surface area contributed by atoms with Crippen LogP contribution in [-0.4, -0.2) is 132 Å². The maximum Gasteiger partial charge on any atom is 0.311 e. The second kappa shape index (κ2) is 14.9. The molecule has 4 aliphatic rings. The lowest BCUT2D eigenvalue weighted by molar-refractivity contribution is -0.336. The second-order valence-electron chi connectivity index (χ2n) is 15.3. The average Bonchev–Trinajstić information content (AvgIpc) is 3.07. The van der Waals surface area contributed by atoms with Crippen LogP contribution in [0.5, 0.6) is 0 Å². The molecule has 4 rings (SSSR count). The molecule has 0 aromatic heterocycles. The average molecular weight is 659 g/mol. The highest BCUT2D eigenvalue weighted by Gasteiger charge is 2.58. The number of ether oxygens (including phenoxy) is 6. The van der Waals surface area contributed by atoms with Gasteiger partial charge in [0, 0.05) is 30.8 Å². The summed E-state index contributed by atoms with van der Waals surface area (Å²) in [6.45, 7) is 16.5. The quantitative estimate of drug-likeness (QED) is 0.328. The first kappa shape index (κ1) is 37.9. The van der Waals surface area contributed by atoms with Crippen LogP contribution in [-0.2, 0) is 33.2 Å². The topological polar surface area (TPSA) is 148 Å². The summed E-state index contributed by atoms with van der Waals surface area (Å²) in [6.07, 6.45) is -3.02. The maximum atomic E-state index is 14.0. The van der Waals surface area contributed by atoms with Crippen molar-refractivity contribution in [3.63, 3.8) is 0 Å². The predicted octanol–water partition coefficient (Wildman–Crippen LogP) is 2.20. The third-order valence-electron chi connectivity index (χ3n) is 10.9. The monoisotopic (exact) mass is 658 g/mol. The Morgan fingerprint density at radius 2 is 1.72 bits per heavy atom. The molecule has 268 valence electrons. The van der Waals surface area contributed by atoms with Crippen molar-refractivity contribution in [2.75, 3.05) is 33.9 Å². The number of fused-ring (bicyclic) bond motifs is 3. The highest BCUT2D eigenvalue weighted by molar-refractivity contribution is 5.73. The number of aliphatic hydroxyl groups excluding tert-OH is 2. The van der Waals surface area contributed by atoms with E-state index in [1.807, 2.05) is 53.6 Å². The number of hydrogen-bond donors (Lipinski definition) is 4. The van der Waals surface area contributed by atoms with E-state index in [2.05, 4.69) is 12.2 Å². The number of esters is 1. The molecule has 46 heavy (non-hydrogen) atoms. The summed E-state index contributed by atoms with van der Waals surface area (Å²) in [5, 5.41) is 37.7. The largest absolute Gasteiger partial charge is 0.459 e. The number of hydrogen-bond acceptors (Lipinski definition) is 12. The second-order valence-corrected chi connectivity index (χ2v) is 15.3. The van der Waals surface area contributed by atoms with Gasteiger partial charge in [-0.2, -0.15) is 0 Å². The van der Waals surface area contributed by atoms with Crippen LogP contribution in [0.3, 0.4) is 0 Å². The molecule has 0 saturated carbocycles. The standard InChI is InChI=1S/C34H62N2O10/c1-11-25-33(8,40)28(38)23(6)35-18-19(2)17-32(7)29(44-31-26(37)24(36(9)10)16-20(3)42-31)21(4)27(22(5)30(39)43-25)45-34(46-32)12-14-41-15-13-34/h19-29,31,35,37-38,40H,11-18H2,1-10H3/t19-,20-,21+,22-,23+,24+,25+,26-,27+,28-,29-,31?,32?,33-/m1/s1. The highest BCUT2D eigenvalue weighted by atomic mass is 16.7. The minimum absolute atomic E-state index is 0.0318. The molecule has 12 heteroatoms. The molecular formula is C34H62N2O10. The summed E-state index contributed by atoms with van der Waals surface area (Å²) in [4.78, 5) is 16.0. The van der Waals surface area contributed by atoms with Crippen LogP contribution in [0.1, 0.15) is 87.5 Å². The number of nitrogens with zero attached hydrogens (tertiary/aromatic N) is 1. The van der Waals surface area contributed by atoms with E-state index in [-0.39, 0.29) is 18.1 Å². The molecule has 4 fully saturated rings. The molecule has 4 heterocycles. The van der Waals surface area contributed by atoms with E-state index < -0.39 is 77.6 Å². The summed E-state index contributed by atoms with van der Waals surface area (Å²) >= 11 is 0. The molecule has 0 radical (unpaired) electrons. The summed E-state index contributed by atoms with van der Waals surface area (Å²) in [6, 6.07) is -0.659. The van der Waals surface area contributed by atoms with E-state index in [0.717, 1.165) is 0 Å². The van der Waals surface area contributed by atoms with Crippen molar-refractivity contribution in [1.29, 1.82) is 0 Å². The fourth-order valence-electron chi connectivity index (χ4n) is 8.23. The van der Waals surface area contributed by atoms with E-state index in [9.17, 15) is 20.1 Å². The first-order valence-electron chi connectivity index (χ1n) is 17.4. The number of aliphatic hydroxyl groups is 3. The van der Waals surface area contributed by atoms with Gasteiger partial charge < -0.3 is 54.0 Å². The van der Waals surface area contributed by atoms with E-state index in [4.69, 9.17) is 28.4 Å². The molecule has 0 aliphatic carbocycles. The Kier molecular flexibility index (Phi) is 12.3. The summed E-state index contributed by atoms with van der Waals surface area (Å²) in [5.41, 5.74) is -2.63. The van der Waals surface area contributed by atoms with Gasteiger partial charge in [-0.1, -0.05) is 20.8 Å². The number of carbonyl (C=O) groups excluding carboxylic acids is 1. The van der Waals surface area contributed by atoms with Gasteiger partial charge in [0.05, 0.1) is 43.0 Å². The van der Waals surface area contributed by atoms with Gasteiger partial charge in [-0.25, -0.2) is 0 Å². The molecule has 4 aliphatic heterocycles. The third-order valence-corrected chi connectivity index (χ3v) is 10.9. The molecular weight excluding hydrogens is 596 g/mol. The Hall–Kier alpha value is -0.930. The van der Waals surface area contributed by atoms with Crippen LogP contribution in [0.4, 0.5) is 0 Å². The van der Waals surface area contributed by atoms with Gasteiger partial charge in [0.1, 0.15) is 23.9 Å². The molecule has 2 unspecified atom stereocenters. The van der Waals surface area contributed by atoms with E-state index >= 15 is 0 Å².